The molecule has 2 fully saturated rings. The molecule has 0 amide bonds. The summed E-state index contributed by atoms with van der Waals surface area (Å²) in [5.74, 6) is 0.845. The summed E-state index contributed by atoms with van der Waals surface area (Å²) in [4.78, 5) is 0. The first-order valence-corrected chi connectivity index (χ1v) is 12.7. The van der Waals surface area contributed by atoms with Crippen LogP contribution in [0, 0.1) is 11.3 Å². The summed E-state index contributed by atoms with van der Waals surface area (Å²) in [6, 6.07) is 0. The Hall–Kier alpha value is 0.137. The SMILES string of the molecule is CCCO[Si](OCCC)(C1CCCC(C)C1)C1CCCCC1(C)C. The van der Waals surface area contributed by atoms with Crippen LogP contribution >= 0.6 is 0 Å². The molecule has 2 saturated carbocycles. The van der Waals surface area contributed by atoms with Crippen LogP contribution in [0.25, 0.3) is 0 Å². The van der Waals surface area contributed by atoms with Crippen molar-refractivity contribution >= 4 is 8.56 Å². The molecule has 2 aliphatic rings. The van der Waals surface area contributed by atoms with E-state index in [1.165, 1.54) is 51.4 Å². The van der Waals surface area contributed by atoms with Crippen molar-refractivity contribution in [1.29, 1.82) is 0 Å². The summed E-state index contributed by atoms with van der Waals surface area (Å²) < 4.78 is 13.7. The van der Waals surface area contributed by atoms with Crippen LogP contribution in [-0.4, -0.2) is 21.8 Å². The van der Waals surface area contributed by atoms with Gasteiger partial charge in [0.15, 0.2) is 0 Å². The zero-order valence-electron chi connectivity index (χ0n) is 17.0. The van der Waals surface area contributed by atoms with Gasteiger partial charge in [-0.1, -0.05) is 60.3 Å². The lowest BCUT2D eigenvalue weighted by atomic mass is 9.77. The van der Waals surface area contributed by atoms with Crippen LogP contribution in [0.1, 0.15) is 98.8 Å². The van der Waals surface area contributed by atoms with Crippen LogP contribution < -0.4 is 0 Å². The highest BCUT2D eigenvalue weighted by molar-refractivity contribution is 6.70. The average molecular weight is 355 g/mol. The molecule has 2 aliphatic carbocycles. The second kappa shape index (κ2) is 9.18. The van der Waals surface area contributed by atoms with Gasteiger partial charge in [0.25, 0.3) is 0 Å². The lowest BCUT2D eigenvalue weighted by Crippen LogP contribution is -2.57. The van der Waals surface area contributed by atoms with Crippen LogP contribution in [0.2, 0.25) is 11.1 Å². The Bertz CT molecular complexity index is 361. The molecule has 2 rings (SSSR count). The molecule has 0 heterocycles. The predicted molar refractivity (Wildman–Crippen MR) is 106 cm³/mol. The van der Waals surface area contributed by atoms with E-state index < -0.39 is 8.56 Å². The average Bonchev–Trinajstić information content (AvgIpc) is 2.56. The largest absolute Gasteiger partial charge is 0.394 e. The Kier molecular flexibility index (Phi) is 7.82. The summed E-state index contributed by atoms with van der Waals surface area (Å²) in [7, 11) is -2.21. The van der Waals surface area contributed by atoms with Crippen molar-refractivity contribution in [3.05, 3.63) is 0 Å². The molecule has 0 spiro atoms. The highest BCUT2D eigenvalue weighted by Gasteiger charge is 2.57. The van der Waals surface area contributed by atoms with Crippen LogP contribution in [0.15, 0.2) is 0 Å². The minimum absolute atomic E-state index is 0.382. The third kappa shape index (κ3) is 4.65. The maximum atomic E-state index is 6.86. The van der Waals surface area contributed by atoms with Gasteiger partial charge in [-0.15, -0.1) is 0 Å². The smallest absolute Gasteiger partial charge is 0.345 e. The quantitative estimate of drug-likeness (QED) is 0.445. The molecule has 3 atom stereocenters. The van der Waals surface area contributed by atoms with Crippen molar-refractivity contribution in [3.8, 4) is 0 Å². The minimum atomic E-state index is -2.21. The second-order valence-electron chi connectivity index (χ2n) is 9.17. The first kappa shape index (κ1) is 20.4. The van der Waals surface area contributed by atoms with E-state index in [1.54, 1.807) is 0 Å². The summed E-state index contributed by atoms with van der Waals surface area (Å²) >= 11 is 0. The summed E-state index contributed by atoms with van der Waals surface area (Å²) in [6.45, 7) is 13.7. The van der Waals surface area contributed by atoms with Gasteiger partial charge in [-0.05, 0) is 49.9 Å². The minimum Gasteiger partial charge on any atom is -0.394 e. The number of hydrogen-bond acceptors (Lipinski definition) is 2. The Morgan fingerprint density at radius 1 is 0.917 bits per heavy atom. The predicted octanol–water partition coefficient (Wildman–Crippen LogP) is 6.83. The van der Waals surface area contributed by atoms with E-state index in [0.717, 1.165) is 32.0 Å². The van der Waals surface area contributed by atoms with Crippen LogP contribution in [-0.2, 0) is 8.85 Å². The zero-order valence-corrected chi connectivity index (χ0v) is 18.0. The van der Waals surface area contributed by atoms with Crippen molar-refractivity contribution in [2.75, 3.05) is 13.2 Å². The van der Waals surface area contributed by atoms with Gasteiger partial charge < -0.3 is 8.85 Å². The number of rotatable bonds is 8. The first-order chi connectivity index (χ1) is 11.5. The highest BCUT2D eigenvalue weighted by Crippen LogP contribution is 2.56. The first-order valence-electron chi connectivity index (χ1n) is 10.7. The zero-order chi connectivity index (χ0) is 17.6. The van der Waals surface area contributed by atoms with Crippen LogP contribution in [0.4, 0.5) is 0 Å². The normalized spacial score (nSPS) is 31.1. The van der Waals surface area contributed by atoms with Gasteiger partial charge in [0.1, 0.15) is 0 Å². The van der Waals surface area contributed by atoms with Crippen molar-refractivity contribution in [1.82, 2.24) is 0 Å². The summed E-state index contributed by atoms with van der Waals surface area (Å²) in [5.41, 5.74) is 1.76. The molecule has 2 nitrogen and oxygen atoms in total. The topological polar surface area (TPSA) is 18.5 Å². The third-order valence-corrected chi connectivity index (χ3v) is 11.6. The van der Waals surface area contributed by atoms with Gasteiger partial charge in [0, 0.05) is 24.3 Å². The molecule has 3 unspecified atom stereocenters. The molecule has 24 heavy (non-hydrogen) atoms. The lowest BCUT2D eigenvalue weighted by Gasteiger charge is -2.52. The van der Waals surface area contributed by atoms with Gasteiger partial charge >= 0.3 is 8.56 Å². The van der Waals surface area contributed by atoms with Crippen molar-refractivity contribution in [3.63, 3.8) is 0 Å². The monoisotopic (exact) mass is 354 g/mol. The van der Waals surface area contributed by atoms with E-state index >= 15 is 0 Å². The Morgan fingerprint density at radius 3 is 2.12 bits per heavy atom. The molecule has 0 aromatic heterocycles. The Balaban J connectivity index is 2.34. The van der Waals surface area contributed by atoms with Crippen LogP contribution in [0.3, 0.4) is 0 Å². The van der Waals surface area contributed by atoms with Gasteiger partial charge in [0.2, 0.25) is 0 Å². The Labute approximate surface area is 152 Å². The molecule has 3 heteroatoms. The fourth-order valence-corrected chi connectivity index (χ4v) is 11.1. The molecule has 0 bridgehead atoms. The highest BCUT2D eigenvalue weighted by atomic mass is 28.4. The van der Waals surface area contributed by atoms with E-state index in [-0.39, 0.29) is 0 Å². The number of hydrogen-bond donors (Lipinski definition) is 0. The van der Waals surface area contributed by atoms with Gasteiger partial charge in [0.05, 0.1) is 0 Å². The maximum absolute atomic E-state index is 6.86. The van der Waals surface area contributed by atoms with Crippen LogP contribution in [0.5, 0.6) is 0 Å². The van der Waals surface area contributed by atoms with E-state index in [0.29, 0.717) is 16.5 Å². The van der Waals surface area contributed by atoms with Crippen molar-refractivity contribution < 1.29 is 8.85 Å². The second-order valence-corrected chi connectivity index (χ2v) is 12.7. The van der Waals surface area contributed by atoms with Gasteiger partial charge in [-0.3, -0.25) is 0 Å². The lowest BCUT2D eigenvalue weighted by molar-refractivity contribution is 0.0993. The molecule has 0 saturated heterocycles. The van der Waals surface area contributed by atoms with E-state index in [2.05, 4.69) is 34.6 Å². The summed E-state index contributed by atoms with van der Waals surface area (Å²) in [6.07, 6.45) is 13.1. The molecular formula is C21H42O2Si. The molecule has 0 radical (unpaired) electrons. The Morgan fingerprint density at radius 2 is 1.58 bits per heavy atom. The van der Waals surface area contributed by atoms with Gasteiger partial charge in [-0.25, -0.2) is 0 Å². The third-order valence-electron chi connectivity index (χ3n) is 6.56. The molecule has 0 aromatic rings. The molecule has 0 aromatic carbocycles. The molecule has 142 valence electrons. The molecular weight excluding hydrogens is 312 g/mol. The van der Waals surface area contributed by atoms with E-state index in [1.807, 2.05) is 0 Å². The van der Waals surface area contributed by atoms with E-state index in [4.69, 9.17) is 8.85 Å². The van der Waals surface area contributed by atoms with Crippen molar-refractivity contribution in [2.24, 2.45) is 11.3 Å². The van der Waals surface area contributed by atoms with E-state index in [9.17, 15) is 0 Å². The summed E-state index contributed by atoms with van der Waals surface area (Å²) in [5, 5.41) is 0. The van der Waals surface area contributed by atoms with Crippen molar-refractivity contribution in [2.45, 2.75) is 110 Å². The maximum Gasteiger partial charge on any atom is 0.345 e. The standard InChI is InChI=1S/C21H42O2Si/c1-6-15-22-24(23-16-7-2,19-12-10-11-18(3)17-19)20-13-8-9-14-21(20,4)5/h18-20H,6-17H2,1-5H3. The van der Waals surface area contributed by atoms with Gasteiger partial charge in [-0.2, -0.15) is 0 Å². The fraction of sp³-hybridized carbons (Fsp3) is 1.00. The molecule has 0 N–H and O–H groups in total. The molecule has 0 aliphatic heterocycles. The fourth-order valence-electron chi connectivity index (χ4n) is 5.33.